The van der Waals surface area contributed by atoms with Crippen molar-refractivity contribution in [1.82, 2.24) is 4.98 Å². The summed E-state index contributed by atoms with van der Waals surface area (Å²) in [6.45, 7) is 0. The summed E-state index contributed by atoms with van der Waals surface area (Å²) in [7, 11) is 0. The van der Waals surface area contributed by atoms with Crippen molar-refractivity contribution in [2.24, 2.45) is 0 Å². The number of halogens is 3. The number of aromatic nitrogens is 1. The van der Waals surface area contributed by atoms with E-state index in [0.717, 1.165) is 17.0 Å². The van der Waals surface area contributed by atoms with Crippen LogP contribution in [-0.2, 0) is 0 Å². The number of hydrogen-bond acceptors (Lipinski definition) is 1. The molecule has 0 aliphatic rings. The van der Waals surface area contributed by atoms with Crippen molar-refractivity contribution in [2.45, 2.75) is 0 Å². The van der Waals surface area contributed by atoms with Gasteiger partial charge in [-0.25, -0.2) is 8.78 Å². The minimum absolute atomic E-state index is 0.0816. The molecule has 1 amide bonds. The fourth-order valence-electron chi connectivity index (χ4n) is 2.07. The van der Waals surface area contributed by atoms with Crippen LogP contribution in [-0.4, -0.2) is 10.9 Å². The van der Waals surface area contributed by atoms with E-state index in [1.54, 1.807) is 12.3 Å². The van der Waals surface area contributed by atoms with Crippen LogP contribution in [0, 0.1) is 11.6 Å². The molecule has 0 bridgehead atoms. The molecule has 1 heterocycles. The van der Waals surface area contributed by atoms with Crippen LogP contribution in [0.3, 0.4) is 0 Å². The number of benzene rings is 2. The molecule has 0 unspecified atom stereocenters. The number of amides is 1. The van der Waals surface area contributed by atoms with Gasteiger partial charge in [0.15, 0.2) is 0 Å². The monoisotopic (exact) mass is 350 g/mol. The second-order valence-corrected chi connectivity index (χ2v) is 5.30. The topological polar surface area (TPSA) is 44.9 Å². The maximum Gasteiger partial charge on any atom is 0.257 e. The largest absolute Gasteiger partial charge is 0.360 e. The summed E-state index contributed by atoms with van der Waals surface area (Å²) in [6, 6.07) is 9.19. The van der Waals surface area contributed by atoms with Gasteiger partial charge in [-0.3, -0.25) is 4.79 Å². The van der Waals surface area contributed by atoms with Crippen LogP contribution in [0.5, 0.6) is 0 Å². The third kappa shape index (κ3) is 2.54. The van der Waals surface area contributed by atoms with E-state index in [9.17, 15) is 13.6 Å². The molecule has 3 aromatic rings. The second kappa shape index (κ2) is 5.29. The summed E-state index contributed by atoms with van der Waals surface area (Å²) in [5.74, 6) is -2.02. The van der Waals surface area contributed by atoms with Crippen molar-refractivity contribution >= 4 is 38.4 Å². The molecule has 21 heavy (non-hydrogen) atoms. The second-order valence-electron chi connectivity index (χ2n) is 4.45. The molecule has 106 valence electrons. The van der Waals surface area contributed by atoms with Crippen LogP contribution in [0.2, 0.25) is 0 Å². The fourth-order valence-corrected chi connectivity index (χ4v) is 2.41. The Bertz CT molecular complexity index is 845. The molecule has 3 rings (SSSR count). The molecule has 6 heteroatoms. The number of anilines is 1. The minimum atomic E-state index is -0.830. The molecule has 0 saturated carbocycles. The van der Waals surface area contributed by atoms with Crippen LogP contribution in [0.15, 0.2) is 47.1 Å². The van der Waals surface area contributed by atoms with Crippen molar-refractivity contribution in [3.05, 3.63) is 64.3 Å². The number of rotatable bonds is 2. The van der Waals surface area contributed by atoms with Crippen molar-refractivity contribution in [3.8, 4) is 0 Å². The zero-order chi connectivity index (χ0) is 15.0. The predicted molar refractivity (Wildman–Crippen MR) is 80.3 cm³/mol. The standard InChI is InChI=1S/C15H9BrF2N2O/c16-10-5-14(12(18)6-11(10)17)20-15(21)9-7-19-13-4-2-1-3-8(9)13/h1-7,19H,(H,20,21). The predicted octanol–water partition coefficient (Wildman–Crippen LogP) is 4.46. The van der Waals surface area contributed by atoms with E-state index in [1.807, 2.05) is 18.2 Å². The third-order valence-electron chi connectivity index (χ3n) is 3.09. The molecular weight excluding hydrogens is 342 g/mol. The van der Waals surface area contributed by atoms with Gasteiger partial charge in [-0.2, -0.15) is 0 Å². The number of carbonyl (C=O) groups is 1. The Labute approximate surface area is 127 Å². The Morgan fingerprint density at radius 2 is 1.90 bits per heavy atom. The first-order valence-corrected chi connectivity index (χ1v) is 6.87. The first-order chi connectivity index (χ1) is 10.1. The van der Waals surface area contributed by atoms with Crippen LogP contribution in [0.1, 0.15) is 10.4 Å². The van der Waals surface area contributed by atoms with E-state index < -0.39 is 17.5 Å². The number of aromatic amines is 1. The van der Waals surface area contributed by atoms with Crippen molar-refractivity contribution < 1.29 is 13.6 Å². The van der Waals surface area contributed by atoms with Crippen molar-refractivity contribution in [2.75, 3.05) is 5.32 Å². The smallest absolute Gasteiger partial charge is 0.257 e. The van der Waals surface area contributed by atoms with Crippen molar-refractivity contribution in [3.63, 3.8) is 0 Å². The van der Waals surface area contributed by atoms with Crippen LogP contribution in [0.4, 0.5) is 14.5 Å². The van der Waals surface area contributed by atoms with Gasteiger partial charge in [-0.15, -0.1) is 0 Å². The Hall–Kier alpha value is -2.21. The first kappa shape index (κ1) is 13.8. The Kier molecular flexibility index (Phi) is 3.47. The quantitative estimate of drug-likeness (QED) is 0.658. The maximum atomic E-state index is 13.7. The lowest BCUT2D eigenvalue weighted by molar-refractivity contribution is 0.102. The SMILES string of the molecule is O=C(Nc1cc(Br)c(F)cc1F)c1c[nH]c2ccccc12. The number of fused-ring (bicyclic) bond motifs is 1. The van der Waals surface area contributed by atoms with Crippen LogP contribution >= 0.6 is 15.9 Å². The average Bonchev–Trinajstić information content (AvgIpc) is 2.88. The van der Waals surface area contributed by atoms with E-state index in [2.05, 4.69) is 26.2 Å². The van der Waals surface area contributed by atoms with E-state index in [0.29, 0.717) is 5.56 Å². The van der Waals surface area contributed by atoms with E-state index >= 15 is 0 Å². The molecule has 0 aliphatic carbocycles. The van der Waals surface area contributed by atoms with Gasteiger partial charge in [0, 0.05) is 23.2 Å². The number of carbonyl (C=O) groups excluding carboxylic acids is 1. The summed E-state index contributed by atoms with van der Waals surface area (Å²) in [5, 5.41) is 3.18. The van der Waals surface area contributed by atoms with Crippen LogP contribution in [0.25, 0.3) is 10.9 Å². The van der Waals surface area contributed by atoms with Gasteiger partial charge >= 0.3 is 0 Å². The molecule has 2 aromatic carbocycles. The Morgan fingerprint density at radius 1 is 1.14 bits per heavy atom. The molecule has 0 atom stereocenters. The van der Waals surface area contributed by atoms with Crippen molar-refractivity contribution in [1.29, 1.82) is 0 Å². The Balaban J connectivity index is 1.95. The summed E-state index contributed by atoms with van der Waals surface area (Å²) >= 11 is 2.96. The summed E-state index contributed by atoms with van der Waals surface area (Å²) in [4.78, 5) is 15.2. The lowest BCUT2D eigenvalue weighted by Crippen LogP contribution is -2.12. The summed E-state index contributed by atoms with van der Waals surface area (Å²) in [6.07, 6.45) is 1.55. The molecule has 1 aromatic heterocycles. The van der Waals surface area contributed by atoms with Crippen LogP contribution < -0.4 is 5.32 Å². The molecule has 0 fully saturated rings. The summed E-state index contributed by atoms with van der Waals surface area (Å²) < 4.78 is 26.9. The summed E-state index contributed by atoms with van der Waals surface area (Å²) in [5.41, 5.74) is 1.12. The molecule has 0 aliphatic heterocycles. The highest BCUT2D eigenvalue weighted by Crippen LogP contribution is 2.25. The van der Waals surface area contributed by atoms with Gasteiger partial charge in [0.1, 0.15) is 11.6 Å². The highest BCUT2D eigenvalue weighted by molar-refractivity contribution is 9.10. The van der Waals surface area contributed by atoms with Gasteiger partial charge in [0.05, 0.1) is 15.7 Å². The van der Waals surface area contributed by atoms with Gasteiger partial charge in [-0.1, -0.05) is 18.2 Å². The highest BCUT2D eigenvalue weighted by atomic mass is 79.9. The fraction of sp³-hybridized carbons (Fsp3) is 0. The molecule has 3 nitrogen and oxygen atoms in total. The van der Waals surface area contributed by atoms with E-state index in [1.165, 1.54) is 6.07 Å². The number of hydrogen-bond donors (Lipinski definition) is 2. The number of nitrogens with one attached hydrogen (secondary N) is 2. The number of para-hydroxylation sites is 1. The third-order valence-corrected chi connectivity index (χ3v) is 3.70. The number of H-pyrrole nitrogens is 1. The highest BCUT2D eigenvalue weighted by Gasteiger charge is 2.15. The minimum Gasteiger partial charge on any atom is -0.360 e. The van der Waals surface area contributed by atoms with E-state index in [4.69, 9.17) is 0 Å². The molecule has 0 radical (unpaired) electrons. The zero-order valence-electron chi connectivity index (χ0n) is 10.6. The molecule has 2 N–H and O–H groups in total. The average molecular weight is 351 g/mol. The molecular formula is C15H9BrF2N2O. The van der Waals surface area contributed by atoms with Gasteiger partial charge in [0.2, 0.25) is 0 Å². The maximum absolute atomic E-state index is 13.7. The van der Waals surface area contributed by atoms with Gasteiger partial charge in [0.25, 0.3) is 5.91 Å². The lowest BCUT2D eigenvalue weighted by Gasteiger charge is -2.07. The van der Waals surface area contributed by atoms with Gasteiger partial charge in [-0.05, 0) is 28.1 Å². The zero-order valence-corrected chi connectivity index (χ0v) is 12.2. The van der Waals surface area contributed by atoms with E-state index in [-0.39, 0.29) is 10.2 Å². The Morgan fingerprint density at radius 3 is 2.71 bits per heavy atom. The lowest BCUT2D eigenvalue weighted by atomic mass is 10.1. The molecule has 0 saturated heterocycles. The first-order valence-electron chi connectivity index (χ1n) is 6.08. The normalized spacial score (nSPS) is 10.8. The molecule has 0 spiro atoms. The van der Waals surface area contributed by atoms with Gasteiger partial charge < -0.3 is 10.3 Å².